The summed E-state index contributed by atoms with van der Waals surface area (Å²) in [5, 5.41) is 4.18. The zero-order chi connectivity index (χ0) is 18.0. The van der Waals surface area contributed by atoms with Crippen LogP contribution in [-0.2, 0) is 4.79 Å². The van der Waals surface area contributed by atoms with Crippen LogP contribution in [0.4, 0.5) is 0 Å². The number of likely N-dealkylation sites (tertiary alicyclic amines) is 1. The van der Waals surface area contributed by atoms with Gasteiger partial charge >= 0.3 is 0 Å². The minimum Gasteiger partial charge on any atom is -0.497 e. The number of hydrogen-bond acceptors (Lipinski definition) is 3. The van der Waals surface area contributed by atoms with E-state index in [4.69, 9.17) is 17.0 Å². The van der Waals surface area contributed by atoms with Gasteiger partial charge in [0.2, 0.25) is 5.91 Å². The second-order valence-electron chi connectivity index (χ2n) is 6.97. The fourth-order valence-corrected chi connectivity index (χ4v) is 3.68. The second-order valence-corrected chi connectivity index (χ2v) is 7.36. The largest absolute Gasteiger partial charge is 0.497 e. The number of rotatable bonds is 5. The van der Waals surface area contributed by atoms with Gasteiger partial charge in [0.05, 0.1) is 13.0 Å². The molecule has 0 radical (unpaired) electrons. The summed E-state index contributed by atoms with van der Waals surface area (Å²) in [6, 6.07) is 8.57. The zero-order valence-electron chi connectivity index (χ0n) is 15.2. The van der Waals surface area contributed by atoms with Crippen molar-refractivity contribution in [3.05, 3.63) is 29.8 Å². The number of amides is 1. The Morgan fingerprint density at radius 2 is 2.16 bits per heavy atom. The Bertz CT molecular complexity index is 647. The molecule has 2 atom stereocenters. The Morgan fingerprint density at radius 3 is 2.80 bits per heavy atom. The lowest BCUT2D eigenvalue weighted by atomic mass is 9.88. The molecule has 1 aromatic carbocycles. The van der Waals surface area contributed by atoms with E-state index in [1.807, 2.05) is 32.2 Å². The molecule has 2 fully saturated rings. The number of nitrogens with one attached hydrogen (secondary N) is 1. The molecule has 1 aliphatic heterocycles. The van der Waals surface area contributed by atoms with Gasteiger partial charge in [-0.1, -0.05) is 12.1 Å². The summed E-state index contributed by atoms with van der Waals surface area (Å²) in [5.74, 6) is 1.04. The Balaban J connectivity index is 1.82. The first kappa shape index (κ1) is 18.0. The first-order chi connectivity index (χ1) is 12.0. The van der Waals surface area contributed by atoms with Crippen molar-refractivity contribution in [2.24, 2.45) is 5.92 Å². The summed E-state index contributed by atoms with van der Waals surface area (Å²) in [6.07, 6.45) is 2.38. The molecular weight excluding hydrogens is 334 g/mol. The van der Waals surface area contributed by atoms with Crippen molar-refractivity contribution in [3.8, 4) is 5.75 Å². The number of thiocarbonyl (C=S) groups is 1. The summed E-state index contributed by atoms with van der Waals surface area (Å²) >= 11 is 5.58. The minimum atomic E-state index is -0.0870. The lowest BCUT2D eigenvalue weighted by molar-refractivity contribution is -0.133. The SMILES string of the molecule is CCN(C)C(=O)C1CN(C(=S)NC2CC2)CC1c1cccc(OC)c1. The molecule has 136 valence electrons. The van der Waals surface area contributed by atoms with Gasteiger partial charge in [0.15, 0.2) is 5.11 Å². The molecule has 5 nitrogen and oxygen atoms in total. The van der Waals surface area contributed by atoms with Gasteiger partial charge in [-0.2, -0.15) is 0 Å². The van der Waals surface area contributed by atoms with Gasteiger partial charge < -0.3 is 19.9 Å². The molecule has 1 heterocycles. The topological polar surface area (TPSA) is 44.8 Å². The normalized spacial score (nSPS) is 22.6. The van der Waals surface area contributed by atoms with Gasteiger partial charge in [0, 0.05) is 38.6 Å². The van der Waals surface area contributed by atoms with Crippen molar-refractivity contribution in [3.63, 3.8) is 0 Å². The van der Waals surface area contributed by atoms with Gasteiger partial charge in [-0.05, 0) is 49.7 Å². The van der Waals surface area contributed by atoms with E-state index in [0.29, 0.717) is 19.1 Å². The van der Waals surface area contributed by atoms with Gasteiger partial charge in [0.25, 0.3) is 0 Å². The average Bonchev–Trinajstić information content (AvgIpc) is 3.34. The maximum atomic E-state index is 12.9. The van der Waals surface area contributed by atoms with Crippen LogP contribution in [0.2, 0.25) is 0 Å². The van der Waals surface area contributed by atoms with Crippen molar-refractivity contribution in [1.29, 1.82) is 0 Å². The molecule has 1 saturated heterocycles. The second kappa shape index (κ2) is 7.60. The Morgan fingerprint density at radius 1 is 1.40 bits per heavy atom. The average molecular weight is 362 g/mol. The van der Waals surface area contributed by atoms with Crippen LogP contribution in [-0.4, -0.2) is 60.7 Å². The molecule has 1 saturated carbocycles. The number of nitrogens with zero attached hydrogens (tertiary/aromatic N) is 2. The van der Waals surface area contributed by atoms with E-state index in [-0.39, 0.29) is 17.7 Å². The molecule has 1 aromatic rings. The first-order valence-corrected chi connectivity index (χ1v) is 9.38. The van der Waals surface area contributed by atoms with Crippen molar-refractivity contribution in [1.82, 2.24) is 15.1 Å². The smallest absolute Gasteiger partial charge is 0.227 e. The summed E-state index contributed by atoms with van der Waals surface area (Å²) in [5.41, 5.74) is 1.14. The minimum absolute atomic E-state index is 0.0870. The van der Waals surface area contributed by atoms with Gasteiger partial charge in [-0.15, -0.1) is 0 Å². The van der Waals surface area contributed by atoms with E-state index in [2.05, 4.69) is 16.3 Å². The van der Waals surface area contributed by atoms with Gasteiger partial charge in [-0.25, -0.2) is 0 Å². The van der Waals surface area contributed by atoms with Crippen LogP contribution in [0.3, 0.4) is 0 Å². The number of hydrogen-bond donors (Lipinski definition) is 1. The molecule has 1 N–H and O–H groups in total. The summed E-state index contributed by atoms with van der Waals surface area (Å²) < 4.78 is 5.37. The number of methoxy groups -OCH3 is 1. The molecule has 2 unspecified atom stereocenters. The highest BCUT2D eigenvalue weighted by Crippen LogP contribution is 2.35. The number of carbonyl (C=O) groups excluding carboxylic acids is 1. The predicted octanol–water partition coefficient (Wildman–Crippen LogP) is 2.23. The number of ether oxygens (including phenoxy) is 1. The van der Waals surface area contributed by atoms with E-state index in [1.54, 1.807) is 12.0 Å². The Kier molecular flexibility index (Phi) is 5.47. The molecular formula is C19H27N3O2S. The van der Waals surface area contributed by atoms with Crippen LogP contribution in [0.5, 0.6) is 5.75 Å². The van der Waals surface area contributed by atoms with Crippen molar-refractivity contribution < 1.29 is 9.53 Å². The van der Waals surface area contributed by atoms with Crippen molar-refractivity contribution >= 4 is 23.2 Å². The zero-order valence-corrected chi connectivity index (χ0v) is 16.0. The van der Waals surface area contributed by atoms with Crippen LogP contribution in [0, 0.1) is 5.92 Å². The fraction of sp³-hybridized carbons (Fsp3) is 0.579. The van der Waals surface area contributed by atoms with Crippen LogP contribution in [0.1, 0.15) is 31.2 Å². The summed E-state index contributed by atoms with van der Waals surface area (Å²) in [4.78, 5) is 16.9. The fourth-order valence-electron chi connectivity index (χ4n) is 3.36. The van der Waals surface area contributed by atoms with Gasteiger partial charge in [0.1, 0.15) is 5.75 Å². The quantitative estimate of drug-likeness (QED) is 0.815. The molecule has 6 heteroatoms. The molecule has 3 rings (SSSR count). The lowest BCUT2D eigenvalue weighted by Gasteiger charge is -2.23. The number of carbonyl (C=O) groups is 1. The van der Waals surface area contributed by atoms with Crippen LogP contribution in [0.25, 0.3) is 0 Å². The molecule has 0 aromatic heterocycles. The van der Waals surface area contributed by atoms with E-state index >= 15 is 0 Å². The molecule has 0 spiro atoms. The maximum Gasteiger partial charge on any atom is 0.227 e. The monoisotopic (exact) mass is 361 g/mol. The van der Waals surface area contributed by atoms with E-state index < -0.39 is 0 Å². The van der Waals surface area contributed by atoms with Crippen LogP contribution >= 0.6 is 12.2 Å². The van der Waals surface area contributed by atoms with Gasteiger partial charge in [-0.3, -0.25) is 4.79 Å². The lowest BCUT2D eigenvalue weighted by Crippen LogP contribution is -2.41. The maximum absolute atomic E-state index is 12.9. The van der Waals surface area contributed by atoms with Crippen LogP contribution in [0.15, 0.2) is 24.3 Å². The summed E-state index contributed by atoms with van der Waals surface area (Å²) in [7, 11) is 3.54. The molecule has 1 aliphatic carbocycles. The Hall–Kier alpha value is -1.82. The third-order valence-corrected chi connectivity index (χ3v) is 5.58. The highest BCUT2D eigenvalue weighted by molar-refractivity contribution is 7.80. The molecule has 25 heavy (non-hydrogen) atoms. The standard InChI is InChI=1S/C19H27N3O2S/c1-4-21(2)18(23)17-12-22(19(25)20-14-8-9-14)11-16(17)13-6-5-7-15(10-13)24-3/h5-7,10,14,16-17H,4,8-9,11-12H2,1-3H3,(H,20,25). The highest BCUT2D eigenvalue weighted by atomic mass is 32.1. The van der Waals surface area contributed by atoms with E-state index in [9.17, 15) is 4.79 Å². The third kappa shape index (κ3) is 4.06. The first-order valence-electron chi connectivity index (χ1n) is 8.97. The van der Waals surface area contributed by atoms with Crippen molar-refractivity contribution in [2.45, 2.75) is 31.7 Å². The van der Waals surface area contributed by atoms with E-state index in [1.165, 1.54) is 12.8 Å². The van der Waals surface area contributed by atoms with E-state index in [0.717, 1.165) is 23.0 Å². The molecule has 1 amide bonds. The highest BCUT2D eigenvalue weighted by Gasteiger charge is 2.41. The summed E-state index contributed by atoms with van der Waals surface area (Å²) in [6.45, 7) is 4.15. The van der Waals surface area contributed by atoms with Crippen LogP contribution < -0.4 is 10.1 Å². The predicted molar refractivity (Wildman–Crippen MR) is 103 cm³/mol. The molecule has 2 aliphatic rings. The third-order valence-electron chi connectivity index (χ3n) is 5.20. The van der Waals surface area contributed by atoms with Crippen molar-refractivity contribution in [2.75, 3.05) is 33.8 Å². The Labute approximate surface area is 155 Å². The number of benzene rings is 1. The molecule has 0 bridgehead atoms.